The van der Waals surface area contributed by atoms with Crippen LogP contribution in [0.2, 0.25) is 36.3 Å². The lowest BCUT2D eigenvalue weighted by Gasteiger charge is -2.38. The third-order valence-corrected chi connectivity index (χ3v) is 19.9. The second-order valence-electron chi connectivity index (χ2n) is 15.4. The molecule has 0 radical (unpaired) electrons. The Balaban J connectivity index is 1.51. The predicted octanol–water partition coefficient (Wildman–Crippen LogP) is 1.94. The molecule has 4 atom stereocenters. The van der Waals surface area contributed by atoms with E-state index in [4.69, 9.17) is 28.9 Å². The highest BCUT2D eigenvalue weighted by atomic mass is 32.3. The van der Waals surface area contributed by atoms with E-state index in [-0.39, 0.29) is 47.5 Å². The molecule has 0 aromatic rings. The largest absolute Gasteiger partial charge is 0.442 e. The summed E-state index contributed by atoms with van der Waals surface area (Å²) < 4.78 is 49.3. The second-order valence-corrected chi connectivity index (χ2v) is 26.1. The first-order valence-electron chi connectivity index (χ1n) is 15.4. The van der Waals surface area contributed by atoms with Crippen LogP contribution in [-0.4, -0.2) is 119 Å². The van der Waals surface area contributed by atoms with Crippen molar-refractivity contribution in [2.75, 3.05) is 26.3 Å². The van der Waals surface area contributed by atoms with Gasteiger partial charge in [0.1, 0.15) is 12.1 Å². The van der Waals surface area contributed by atoms with Crippen molar-refractivity contribution in [3.05, 3.63) is 23.3 Å². The van der Waals surface area contributed by atoms with Gasteiger partial charge in [-0.2, -0.15) is 18.5 Å². The van der Waals surface area contributed by atoms with E-state index < -0.39 is 75.1 Å². The summed E-state index contributed by atoms with van der Waals surface area (Å²) in [7, 11) is -9.69. The summed E-state index contributed by atoms with van der Waals surface area (Å²) in [6.07, 6.45) is 2.96. The molecule has 0 aromatic heterocycles. The Bertz CT molecular complexity index is 1400. The topological polar surface area (TPSA) is 204 Å². The van der Waals surface area contributed by atoms with Crippen molar-refractivity contribution < 1.29 is 45.0 Å². The molecule has 0 aliphatic carbocycles. The molecule has 0 aromatic carbocycles. The SMILES string of the molecule is CC(C)(C)[Si](C)(C)OCC1C=C(C(N)=O)C2CN1C(=O)N2OS(=O)(=O)ON1C(=O)N2CC1C(C(N)=O)=CC2CO[Si](C)(C)C(C)(C)C. The van der Waals surface area contributed by atoms with Crippen molar-refractivity contribution in [1.82, 2.24) is 19.9 Å². The monoisotopic (exact) mass is 716 g/mol. The molecule has 47 heavy (non-hydrogen) atoms. The number of hydrogen-bond acceptors (Lipinski definition) is 10. The van der Waals surface area contributed by atoms with Crippen molar-refractivity contribution in [3.63, 3.8) is 0 Å². The number of primary amides is 2. The molecular weight excluding hydrogens is 669 g/mol. The van der Waals surface area contributed by atoms with Crippen LogP contribution in [0.3, 0.4) is 0 Å². The summed E-state index contributed by atoms with van der Waals surface area (Å²) in [4.78, 5) is 54.4. The molecule has 16 nitrogen and oxygen atoms in total. The van der Waals surface area contributed by atoms with Gasteiger partial charge in [0, 0.05) is 11.1 Å². The molecule has 4 N–H and O–H groups in total. The van der Waals surface area contributed by atoms with E-state index in [1.165, 1.54) is 22.0 Å². The number of carbonyl (C=O) groups is 4. The van der Waals surface area contributed by atoms with E-state index in [0.29, 0.717) is 10.1 Å². The van der Waals surface area contributed by atoms with Crippen LogP contribution in [0.15, 0.2) is 23.3 Å². The lowest BCUT2D eigenvalue weighted by Crippen LogP contribution is -2.48. The number of nitrogens with two attached hydrogens (primary N) is 2. The average Bonchev–Trinajstić information content (AvgIpc) is 3.32. The predicted molar refractivity (Wildman–Crippen MR) is 175 cm³/mol. The van der Waals surface area contributed by atoms with Gasteiger partial charge in [-0.05, 0) is 48.4 Å². The third-order valence-electron chi connectivity index (χ3n) is 10.2. The minimum atomic E-state index is -5.19. The summed E-state index contributed by atoms with van der Waals surface area (Å²) in [6, 6.07) is -5.50. The van der Waals surface area contributed by atoms with Crippen LogP contribution in [0.1, 0.15) is 41.5 Å². The fourth-order valence-corrected chi connectivity index (χ4v) is 7.98. The quantitative estimate of drug-likeness (QED) is 0.281. The Kier molecular flexibility index (Phi) is 9.65. The number of fused-ring (bicyclic) bond motifs is 4. The summed E-state index contributed by atoms with van der Waals surface area (Å²) in [6.45, 7) is 20.4. The average molecular weight is 717 g/mol. The first kappa shape index (κ1) is 37.0. The van der Waals surface area contributed by atoms with Gasteiger partial charge in [0.2, 0.25) is 11.8 Å². The molecule has 4 aliphatic rings. The molecule has 4 rings (SSSR count). The van der Waals surface area contributed by atoms with Gasteiger partial charge in [-0.3, -0.25) is 9.59 Å². The van der Waals surface area contributed by atoms with Crippen molar-refractivity contribution >= 4 is 50.9 Å². The van der Waals surface area contributed by atoms with Gasteiger partial charge in [0.15, 0.2) is 16.6 Å². The van der Waals surface area contributed by atoms with Crippen LogP contribution in [0.5, 0.6) is 0 Å². The zero-order chi connectivity index (χ0) is 35.7. The molecule has 4 heterocycles. The highest BCUT2D eigenvalue weighted by molar-refractivity contribution is 7.81. The van der Waals surface area contributed by atoms with Gasteiger partial charge < -0.3 is 30.1 Å². The van der Waals surface area contributed by atoms with Gasteiger partial charge >= 0.3 is 22.5 Å². The summed E-state index contributed by atoms with van der Waals surface area (Å²) in [5.74, 6) is -1.74. The van der Waals surface area contributed by atoms with Gasteiger partial charge in [-0.25, -0.2) is 9.59 Å². The van der Waals surface area contributed by atoms with Crippen LogP contribution in [0.25, 0.3) is 0 Å². The van der Waals surface area contributed by atoms with E-state index in [1.807, 2.05) is 26.2 Å². The highest BCUT2D eigenvalue weighted by Gasteiger charge is 2.54. The highest BCUT2D eigenvalue weighted by Crippen LogP contribution is 2.40. The zero-order valence-corrected chi connectivity index (χ0v) is 31.5. The van der Waals surface area contributed by atoms with Crippen molar-refractivity contribution in [2.45, 2.75) is 102 Å². The Morgan fingerprint density at radius 1 is 0.745 bits per heavy atom. The maximum atomic E-state index is 13.5. The van der Waals surface area contributed by atoms with E-state index in [9.17, 15) is 27.6 Å². The lowest BCUT2D eigenvalue weighted by molar-refractivity contribution is -0.117. The molecule has 2 fully saturated rings. The van der Waals surface area contributed by atoms with E-state index in [0.717, 1.165) is 0 Å². The molecule has 2 saturated heterocycles. The van der Waals surface area contributed by atoms with Crippen molar-refractivity contribution in [2.24, 2.45) is 11.5 Å². The van der Waals surface area contributed by atoms with Crippen molar-refractivity contribution in [1.29, 1.82) is 0 Å². The minimum absolute atomic E-state index is 0.0335. The first-order chi connectivity index (χ1) is 21.3. The molecule has 19 heteroatoms. The molecule has 4 bridgehead atoms. The molecular formula is C28H48N6O10SSi2. The van der Waals surface area contributed by atoms with Crippen molar-refractivity contribution in [3.8, 4) is 0 Å². The molecule has 0 spiro atoms. The van der Waals surface area contributed by atoms with Gasteiger partial charge in [-0.1, -0.05) is 41.5 Å². The number of rotatable bonds is 12. The normalized spacial score (nSPS) is 25.4. The van der Waals surface area contributed by atoms with Crippen LogP contribution >= 0.6 is 0 Å². The number of hydroxylamine groups is 4. The first-order valence-corrected chi connectivity index (χ1v) is 22.6. The van der Waals surface area contributed by atoms with Gasteiger partial charge in [0.25, 0.3) is 0 Å². The molecule has 4 aliphatic heterocycles. The second kappa shape index (κ2) is 12.3. The molecule has 264 valence electrons. The lowest BCUT2D eigenvalue weighted by atomic mass is 10.00. The fraction of sp³-hybridized carbons (Fsp3) is 0.714. The van der Waals surface area contributed by atoms with Gasteiger partial charge in [-0.15, -0.1) is 8.57 Å². The molecule has 6 amide bonds. The number of urea groups is 2. The Morgan fingerprint density at radius 3 is 1.34 bits per heavy atom. The Hall–Kier alpha value is -2.82. The molecule has 4 unspecified atom stereocenters. The number of amides is 6. The number of nitrogens with zero attached hydrogens (tertiary/aromatic N) is 4. The summed E-state index contributed by atoms with van der Waals surface area (Å²) in [5.41, 5.74) is 11.2. The van der Waals surface area contributed by atoms with Crippen LogP contribution in [0.4, 0.5) is 9.59 Å². The fourth-order valence-electron chi connectivity index (χ4n) is 5.18. The van der Waals surface area contributed by atoms with Crippen LogP contribution in [0, 0.1) is 0 Å². The van der Waals surface area contributed by atoms with E-state index in [1.54, 1.807) is 0 Å². The van der Waals surface area contributed by atoms with Gasteiger partial charge in [0.05, 0.1) is 38.4 Å². The minimum Gasteiger partial charge on any atom is -0.414 e. The number of carbonyl (C=O) groups excluding carboxylic acids is 4. The molecule has 0 saturated carbocycles. The van der Waals surface area contributed by atoms with Crippen LogP contribution < -0.4 is 11.5 Å². The Labute approximate surface area is 278 Å². The smallest absolute Gasteiger partial charge is 0.414 e. The zero-order valence-electron chi connectivity index (χ0n) is 28.7. The Morgan fingerprint density at radius 2 is 1.06 bits per heavy atom. The third kappa shape index (κ3) is 7.15. The van der Waals surface area contributed by atoms with Crippen LogP contribution in [-0.2, 0) is 37.4 Å². The summed E-state index contributed by atoms with van der Waals surface area (Å²) >= 11 is 0. The number of hydrogen-bond donors (Lipinski definition) is 2. The summed E-state index contributed by atoms with van der Waals surface area (Å²) in [5, 5.41) is 0.732. The standard InChI is InChI=1S/C28H48N6O10SSi2/c1-27(2,3)46(7,8)41-15-17-11-19(23(29)35)21-13-31(17)25(37)33(21)43-45(39,40)44-34-22-14-32(26(34)38)18(12-20(22)24(30)36)16-42-47(9,10)28(4,5)6/h11-12,17-18,21-22H,13-16H2,1-10H3,(H2,29,35)(H2,30,36). The van der Waals surface area contributed by atoms with E-state index in [2.05, 4.69) is 41.5 Å². The maximum Gasteiger partial charge on any atom is 0.442 e. The maximum absolute atomic E-state index is 13.5. The van der Waals surface area contributed by atoms with E-state index >= 15 is 0 Å².